The summed E-state index contributed by atoms with van der Waals surface area (Å²) in [5.41, 5.74) is 0.916. The Morgan fingerprint density at radius 2 is 1.75 bits per heavy atom. The molecule has 3 aromatic rings. The van der Waals surface area contributed by atoms with Gasteiger partial charge in [0.15, 0.2) is 22.7 Å². The van der Waals surface area contributed by atoms with Crippen molar-refractivity contribution in [3.8, 4) is 11.5 Å². The van der Waals surface area contributed by atoms with E-state index in [0.29, 0.717) is 48.0 Å². The first-order chi connectivity index (χ1) is 15.3. The van der Waals surface area contributed by atoms with Gasteiger partial charge in [0, 0.05) is 27.1 Å². The van der Waals surface area contributed by atoms with E-state index in [-0.39, 0.29) is 11.2 Å². The molecule has 32 heavy (non-hydrogen) atoms. The highest BCUT2D eigenvalue weighted by molar-refractivity contribution is 5.77. The van der Waals surface area contributed by atoms with Gasteiger partial charge in [-0.1, -0.05) is 26.0 Å². The maximum Gasteiger partial charge on any atom is 0.332 e. The van der Waals surface area contributed by atoms with Gasteiger partial charge in [-0.15, -0.1) is 0 Å². The Labute approximate surface area is 185 Å². The Bertz CT molecular complexity index is 1300. The molecule has 2 aromatic heterocycles. The van der Waals surface area contributed by atoms with Crippen molar-refractivity contribution in [3.63, 3.8) is 0 Å². The summed E-state index contributed by atoms with van der Waals surface area (Å²) in [4.78, 5) is 41.7. The van der Waals surface area contributed by atoms with Crippen molar-refractivity contribution < 1.29 is 14.3 Å². The average Bonchev–Trinajstić information content (AvgIpc) is 3.09. The molecule has 0 fully saturated rings. The van der Waals surface area contributed by atoms with E-state index in [9.17, 15) is 14.4 Å². The number of aromatic nitrogens is 4. The number of imidazole rings is 1. The lowest BCUT2D eigenvalue weighted by atomic mass is 10.2. The highest BCUT2D eigenvalue weighted by Crippen LogP contribution is 2.29. The number of esters is 1. The second kappa shape index (κ2) is 9.67. The van der Waals surface area contributed by atoms with E-state index in [4.69, 9.17) is 9.47 Å². The van der Waals surface area contributed by atoms with Crippen molar-refractivity contribution in [1.29, 1.82) is 0 Å². The Morgan fingerprint density at radius 3 is 2.38 bits per heavy atom. The molecule has 0 spiro atoms. The van der Waals surface area contributed by atoms with Gasteiger partial charge in [0.1, 0.15) is 5.82 Å². The molecular weight excluding hydrogens is 412 g/mol. The molecule has 1 aromatic carbocycles. The van der Waals surface area contributed by atoms with Crippen LogP contribution in [0.2, 0.25) is 0 Å². The maximum absolute atomic E-state index is 13.0. The van der Waals surface area contributed by atoms with Crippen LogP contribution < -0.4 is 20.7 Å². The van der Waals surface area contributed by atoms with E-state index in [0.717, 1.165) is 12.0 Å². The average molecular weight is 441 g/mol. The standard InChI is InChI=1S/C23H28N4O5/c1-6-12-26-21-20(22(29)27(13-7-2)23(26)30)25(4)19(24-21)11-9-16-8-10-17(32-15(3)28)18(14-16)31-5/h8-11,14H,6-7,12-13H2,1-5H3. The number of hydrogen-bond acceptors (Lipinski definition) is 6. The zero-order valence-electron chi connectivity index (χ0n) is 19.0. The summed E-state index contributed by atoms with van der Waals surface area (Å²) < 4.78 is 15.0. The molecule has 3 rings (SSSR count). The molecule has 9 heteroatoms. The van der Waals surface area contributed by atoms with Crippen molar-refractivity contribution >= 4 is 29.3 Å². The first-order valence-electron chi connectivity index (χ1n) is 10.6. The Kier molecular flexibility index (Phi) is 6.97. The Balaban J connectivity index is 2.09. The Morgan fingerprint density at radius 1 is 1.06 bits per heavy atom. The topological polar surface area (TPSA) is 97.3 Å². The SMILES string of the molecule is CCCn1c(=O)c2c(nc(C=Cc3ccc(OC(C)=O)c(OC)c3)n2C)n(CCC)c1=O. The van der Waals surface area contributed by atoms with Crippen LogP contribution in [-0.2, 0) is 24.9 Å². The zero-order valence-corrected chi connectivity index (χ0v) is 19.0. The molecule has 0 bridgehead atoms. The molecule has 0 aliphatic carbocycles. The molecule has 0 aliphatic rings. The maximum atomic E-state index is 13.0. The first-order valence-corrected chi connectivity index (χ1v) is 10.6. The first kappa shape index (κ1) is 23.1. The third-order valence-corrected chi connectivity index (χ3v) is 5.04. The highest BCUT2D eigenvalue weighted by Gasteiger charge is 2.18. The third-order valence-electron chi connectivity index (χ3n) is 5.04. The van der Waals surface area contributed by atoms with Crippen LogP contribution in [0.25, 0.3) is 23.3 Å². The fourth-order valence-electron chi connectivity index (χ4n) is 3.57. The molecule has 0 N–H and O–H groups in total. The number of rotatable bonds is 8. The molecule has 0 atom stereocenters. The summed E-state index contributed by atoms with van der Waals surface area (Å²) in [5.74, 6) is 0.864. The summed E-state index contributed by atoms with van der Waals surface area (Å²) >= 11 is 0. The minimum Gasteiger partial charge on any atom is -0.493 e. The molecular formula is C23H28N4O5. The lowest BCUT2D eigenvalue weighted by molar-refractivity contribution is -0.132. The van der Waals surface area contributed by atoms with Crippen molar-refractivity contribution in [2.24, 2.45) is 7.05 Å². The molecule has 0 unspecified atom stereocenters. The summed E-state index contributed by atoms with van der Waals surface area (Å²) in [6.45, 7) is 6.07. The molecule has 9 nitrogen and oxygen atoms in total. The van der Waals surface area contributed by atoms with Gasteiger partial charge in [0.25, 0.3) is 5.56 Å². The van der Waals surface area contributed by atoms with E-state index in [1.54, 1.807) is 40.5 Å². The monoisotopic (exact) mass is 440 g/mol. The van der Waals surface area contributed by atoms with Gasteiger partial charge in [-0.3, -0.25) is 18.7 Å². The quantitative estimate of drug-likeness (QED) is 0.395. The van der Waals surface area contributed by atoms with Crippen LogP contribution in [0.4, 0.5) is 0 Å². The highest BCUT2D eigenvalue weighted by atomic mass is 16.6. The number of carbonyl (C=O) groups excluding carboxylic acids is 1. The number of ether oxygens (including phenoxy) is 2. The lowest BCUT2D eigenvalue weighted by Gasteiger charge is -2.10. The number of hydrogen-bond donors (Lipinski definition) is 0. The molecule has 2 heterocycles. The predicted molar refractivity (Wildman–Crippen MR) is 123 cm³/mol. The van der Waals surface area contributed by atoms with E-state index in [2.05, 4.69) is 4.98 Å². The summed E-state index contributed by atoms with van der Waals surface area (Å²) in [7, 11) is 3.26. The van der Waals surface area contributed by atoms with Gasteiger partial charge < -0.3 is 14.0 Å². The van der Waals surface area contributed by atoms with Crippen LogP contribution in [-0.4, -0.2) is 31.8 Å². The second-order valence-corrected chi connectivity index (χ2v) is 7.43. The van der Waals surface area contributed by atoms with E-state index in [1.807, 2.05) is 19.9 Å². The van der Waals surface area contributed by atoms with Crippen LogP contribution in [0, 0.1) is 0 Å². The third kappa shape index (κ3) is 4.37. The fraction of sp³-hybridized carbons (Fsp3) is 0.391. The minimum absolute atomic E-state index is 0.328. The summed E-state index contributed by atoms with van der Waals surface area (Å²) in [5, 5.41) is 0. The Hall–Kier alpha value is -3.62. The van der Waals surface area contributed by atoms with Crippen molar-refractivity contribution in [2.75, 3.05) is 7.11 Å². The number of nitrogens with zero attached hydrogens (tertiary/aromatic N) is 4. The molecule has 0 amide bonds. The largest absolute Gasteiger partial charge is 0.493 e. The molecule has 170 valence electrons. The van der Waals surface area contributed by atoms with Crippen molar-refractivity contribution in [3.05, 3.63) is 50.4 Å². The smallest absolute Gasteiger partial charge is 0.332 e. The van der Waals surface area contributed by atoms with Gasteiger partial charge in [-0.25, -0.2) is 9.78 Å². The number of aryl methyl sites for hydroxylation is 2. The van der Waals surface area contributed by atoms with Gasteiger partial charge in [-0.05, 0) is 36.6 Å². The number of carbonyl (C=O) groups is 1. The lowest BCUT2D eigenvalue weighted by Crippen LogP contribution is -2.40. The minimum atomic E-state index is -0.432. The van der Waals surface area contributed by atoms with Gasteiger partial charge in [-0.2, -0.15) is 0 Å². The van der Waals surface area contributed by atoms with E-state index < -0.39 is 5.97 Å². The van der Waals surface area contributed by atoms with Gasteiger partial charge in [0.2, 0.25) is 0 Å². The van der Waals surface area contributed by atoms with Gasteiger partial charge in [0.05, 0.1) is 7.11 Å². The van der Waals surface area contributed by atoms with Crippen LogP contribution in [0.1, 0.15) is 45.0 Å². The second-order valence-electron chi connectivity index (χ2n) is 7.43. The van der Waals surface area contributed by atoms with Gasteiger partial charge >= 0.3 is 11.7 Å². The number of benzene rings is 1. The van der Waals surface area contributed by atoms with Crippen LogP contribution in [0.3, 0.4) is 0 Å². The van der Waals surface area contributed by atoms with Crippen LogP contribution >= 0.6 is 0 Å². The van der Waals surface area contributed by atoms with Crippen molar-refractivity contribution in [2.45, 2.75) is 46.7 Å². The predicted octanol–water partition coefficient (Wildman–Crippen LogP) is 2.82. The normalized spacial score (nSPS) is 11.4. The fourth-order valence-corrected chi connectivity index (χ4v) is 3.57. The van der Waals surface area contributed by atoms with Crippen molar-refractivity contribution in [1.82, 2.24) is 18.7 Å². The summed E-state index contributed by atoms with van der Waals surface area (Å²) in [6, 6.07) is 5.16. The zero-order chi connectivity index (χ0) is 23.4. The van der Waals surface area contributed by atoms with E-state index in [1.165, 1.54) is 18.6 Å². The van der Waals surface area contributed by atoms with Crippen LogP contribution in [0.15, 0.2) is 27.8 Å². The molecule has 0 saturated heterocycles. The van der Waals surface area contributed by atoms with Crippen LogP contribution in [0.5, 0.6) is 11.5 Å². The molecule has 0 saturated carbocycles. The van der Waals surface area contributed by atoms with E-state index >= 15 is 0 Å². The molecule has 0 radical (unpaired) electrons. The summed E-state index contributed by atoms with van der Waals surface area (Å²) in [6.07, 6.45) is 5.01. The number of methoxy groups -OCH3 is 1. The molecule has 0 aliphatic heterocycles. The number of fused-ring (bicyclic) bond motifs is 1.